The van der Waals surface area contributed by atoms with Crippen molar-refractivity contribution in [2.45, 2.75) is 13.5 Å². The number of hydrogen-bond acceptors (Lipinski definition) is 4. The van der Waals surface area contributed by atoms with Crippen LogP contribution < -0.4 is 5.48 Å². The summed E-state index contributed by atoms with van der Waals surface area (Å²) in [4.78, 5) is 0. The SMILES string of the molecule is Cc1cc(CNO)c(O)c(Cl)c1O. The number of nitrogens with one attached hydrogen (secondary N) is 1. The summed E-state index contributed by atoms with van der Waals surface area (Å²) in [5, 5.41) is 27.0. The number of phenols is 2. The average Bonchev–Trinajstić information content (AvgIpc) is 2.11. The zero-order chi connectivity index (χ0) is 10.0. The minimum Gasteiger partial charge on any atom is -0.506 e. The molecular weight excluding hydrogens is 194 g/mol. The second-order valence-electron chi connectivity index (χ2n) is 2.70. The Kier molecular flexibility index (Phi) is 2.98. The lowest BCUT2D eigenvalue weighted by Gasteiger charge is -2.08. The van der Waals surface area contributed by atoms with E-state index < -0.39 is 0 Å². The van der Waals surface area contributed by atoms with Gasteiger partial charge in [-0.05, 0) is 18.6 Å². The van der Waals surface area contributed by atoms with E-state index in [0.717, 1.165) is 0 Å². The van der Waals surface area contributed by atoms with Crippen molar-refractivity contribution in [3.63, 3.8) is 0 Å². The first-order chi connectivity index (χ1) is 6.07. The third-order valence-electron chi connectivity index (χ3n) is 1.75. The molecule has 0 bridgehead atoms. The summed E-state index contributed by atoms with van der Waals surface area (Å²) in [5.74, 6) is -0.354. The smallest absolute Gasteiger partial charge is 0.142 e. The first-order valence-electron chi connectivity index (χ1n) is 3.64. The second kappa shape index (κ2) is 3.83. The van der Waals surface area contributed by atoms with Gasteiger partial charge in [-0.25, -0.2) is 5.48 Å². The first kappa shape index (κ1) is 10.1. The van der Waals surface area contributed by atoms with E-state index in [-0.39, 0.29) is 23.1 Å². The lowest BCUT2D eigenvalue weighted by molar-refractivity contribution is 0.160. The summed E-state index contributed by atoms with van der Waals surface area (Å²) in [5.41, 5.74) is 2.88. The van der Waals surface area contributed by atoms with Crippen LogP contribution in [-0.4, -0.2) is 15.4 Å². The predicted molar refractivity (Wildman–Crippen MR) is 48.1 cm³/mol. The molecule has 0 aliphatic carbocycles. The van der Waals surface area contributed by atoms with E-state index in [2.05, 4.69) is 0 Å². The molecule has 0 radical (unpaired) electrons. The maximum absolute atomic E-state index is 9.39. The summed E-state index contributed by atoms with van der Waals surface area (Å²) in [6.07, 6.45) is 0. The highest BCUT2D eigenvalue weighted by molar-refractivity contribution is 6.33. The van der Waals surface area contributed by atoms with Crippen molar-refractivity contribution in [2.24, 2.45) is 0 Å². The minimum absolute atomic E-state index is 0.0761. The van der Waals surface area contributed by atoms with Gasteiger partial charge in [-0.1, -0.05) is 11.6 Å². The van der Waals surface area contributed by atoms with Crippen LogP contribution in [0.1, 0.15) is 11.1 Å². The number of aryl methyl sites for hydroxylation is 1. The van der Waals surface area contributed by atoms with Crippen molar-refractivity contribution in [3.8, 4) is 11.5 Å². The number of halogens is 1. The number of hydroxylamine groups is 1. The fraction of sp³-hybridized carbons (Fsp3) is 0.250. The molecular formula is C8H10ClNO3. The Bertz CT molecular complexity index is 328. The van der Waals surface area contributed by atoms with Crippen LogP contribution in [-0.2, 0) is 6.54 Å². The van der Waals surface area contributed by atoms with Gasteiger partial charge in [0.15, 0.2) is 0 Å². The van der Waals surface area contributed by atoms with Crippen LogP contribution in [0.15, 0.2) is 6.07 Å². The fourth-order valence-corrected chi connectivity index (χ4v) is 1.31. The van der Waals surface area contributed by atoms with Crippen molar-refractivity contribution in [1.29, 1.82) is 0 Å². The molecule has 0 aliphatic rings. The Balaban J connectivity index is 3.24. The molecule has 0 saturated carbocycles. The molecule has 5 heteroatoms. The number of rotatable bonds is 2. The molecule has 0 amide bonds. The summed E-state index contributed by atoms with van der Waals surface area (Å²) in [7, 11) is 0. The van der Waals surface area contributed by atoms with Gasteiger partial charge < -0.3 is 15.4 Å². The first-order valence-corrected chi connectivity index (χ1v) is 4.02. The predicted octanol–water partition coefficient (Wildman–Crippen LogP) is 1.54. The molecule has 0 unspecified atom stereocenters. The van der Waals surface area contributed by atoms with Gasteiger partial charge in [-0.2, -0.15) is 0 Å². The van der Waals surface area contributed by atoms with Gasteiger partial charge >= 0.3 is 0 Å². The highest BCUT2D eigenvalue weighted by Crippen LogP contribution is 2.37. The second-order valence-corrected chi connectivity index (χ2v) is 3.08. The van der Waals surface area contributed by atoms with Crippen LogP contribution in [0.25, 0.3) is 0 Å². The number of phenolic OH excluding ortho intramolecular Hbond substituents is 2. The van der Waals surface area contributed by atoms with Gasteiger partial charge in [0.05, 0.1) is 0 Å². The molecule has 4 nitrogen and oxygen atoms in total. The normalized spacial score (nSPS) is 10.4. The Labute approximate surface area is 80.4 Å². The van der Waals surface area contributed by atoms with Crippen molar-refractivity contribution >= 4 is 11.6 Å². The van der Waals surface area contributed by atoms with Crippen molar-refractivity contribution in [2.75, 3.05) is 0 Å². The van der Waals surface area contributed by atoms with Gasteiger partial charge in [0.2, 0.25) is 0 Å². The molecule has 0 saturated heterocycles. The Morgan fingerprint density at radius 2 is 2.00 bits per heavy atom. The van der Waals surface area contributed by atoms with Crippen molar-refractivity contribution in [3.05, 3.63) is 22.2 Å². The topological polar surface area (TPSA) is 72.7 Å². The molecule has 13 heavy (non-hydrogen) atoms. The molecule has 72 valence electrons. The van der Waals surface area contributed by atoms with Gasteiger partial charge in [0.1, 0.15) is 16.5 Å². The molecule has 4 N–H and O–H groups in total. The Hall–Kier alpha value is -0.970. The van der Waals surface area contributed by atoms with E-state index in [4.69, 9.17) is 16.8 Å². The lowest BCUT2D eigenvalue weighted by Crippen LogP contribution is -2.06. The molecule has 1 aromatic carbocycles. The standard InChI is InChI=1S/C8H10ClNO3/c1-4-2-5(3-10-13)8(12)6(9)7(4)11/h2,10-13H,3H2,1H3. The van der Waals surface area contributed by atoms with Crippen LogP contribution in [0.2, 0.25) is 5.02 Å². The van der Waals surface area contributed by atoms with Crippen LogP contribution in [0.4, 0.5) is 0 Å². The van der Waals surface area contributed by atoms with Crippen LogP contribution in [0, 0.1) is 6.92 Å². The summed E-state index contributed by atoms with van der Waals surface area (Å²) in [6, 6.07) is 1.54. The Morgan fingerprint density at radius 1 is 1.38 bits per heavy atom. The van der Waals surface area contributed by atoms with Crippen LogP contribution in [0.3, 0.4) is 0 Å². The summed E-state index contributed by atoms with van der Waals surface area (Å²) >= 11 is 5.61. The van der Waals surface area contributed by atoms with E-state index in [1.807, 2.05) is 5.48 Å². The number of aromatic hydroxyl groups is 2. The summed E-state index contributed by atoms with van der Waals surface area (Å²) in [6.45, 7) is 1.73. The zero-order valence-corrected chi connectivity index (χ0v) is 7.76. The highest BCUT2D eigenvalue weighted by atomic mass is 35.5. The lowest BCUT2D eigenvalue weighted by atomic mass is 10.1. The van der Waals surface area contributed by atoms with Crippen LogP contribution in [0.5, 0.6) is 11.5 Å². The van der Waals surface area contributed by atoms with E-state index >= 15 is 0 Å². The number of hydrogen-bond donors (Lipinski definition) is 4. The number of benzene rings is 1. The minimum atomic E-state index is -0.216. The average molecular weight is 204 g/mol. The van der Waals surface area contributed by atoms with E-state index in [0.29, 0.717) is 11.1 Å². The van der Waals surface area contributed by atoms with Crippen LogP contribution >= 0.6 is 11.6 Å². The van der Waals surface area contributed by atoms with Gasteiger partial charge in [-0.15, -0.1) is 0 Å². The molecule has 0 spiro atoms. The maximum Gasteiger partial charge on any atom is 0.142 e. The zero-order valence-electron chi connectivity index (χ0n) is 7.00. The molecule has 0 heterocycles. The monoisotopic (exact) mass is 203 g/mol. The van der Waals surface area contributed by atoms with Gasteiger partial charge in [-0.3, -0.25) is 0 Å². The van der Waals surface area contributed by atoms with E-state index in [9.17, 15) is 10.2 Å². The fourth-order valence-electron chi connectivity index (χ4n) is 1.04. The largest absolute Gasteiger partial charge is 0.506 e. The highest BCUT2D eigenvalue weighted by Gasteiger charge is 2.12. The third-order valence-corrected chi connectivity index (χ3v) is 2.11. The molecule has 0 aliphatic heterocycles. The maximum atomic E-state index is 9.39. The molecule has 0 atom stereocenters. The van der Waals surface area contributed by atoms with E-state index in [1.54, 1.807) is 13.0 Å². The molecule has 0 fully saturated rings. The molecule has 0 aromatic heterocycles. The van der Waals surface area contributed by atoms with Crippen molar-refractivity contribution in [1.82, 2.24) is 5.48 Å². The Morgan fingerprint density at radius 3 is 2.54 bits per heavy atom. The molecule has 1 rings (SSSR count). The van der Waals surface area contributed by atoms with Crippen molar-refractivity contribution < 1.29 is 15.4 Å². The summed E-state index contributed by atoms with van der Waals surface area (Å²) < 4.78 is 0. The quantitative estimate of drug-likeness (QED) is 0.551. The molecule has 1 aromatic rings. The van der Waals surface area contributed by atoms with Gasteiger partial charge in [0, 0.05) is 12.1 Å². The van der Waals surface area contributed by atoms with E-state index in [1.165, 1.54) is 0 Å². The van der Waals surface area contributed by atoms with Gasteiger partial charge in [0.25, 0.3) is 0 Å². The third kappa shape index (κ3) is 1.85.